The van der Waals surface area contributed by atoms with Crippen LogP contribution in [0.4, 0.5) is 23.0 Å². The van der Waals surface area contributed by atoms with E-state index in [1.807, 2.05) is 18.2 Å². The molecule has 1 aliphatic carbocycles. The first-order chi connectivity index (χ1) is 14.0. The fourth-order valence-electron chi connectivity index (χ4n) is 3.15. The second kappa shape index (κ2) is 9.60. The predicted octanol–water partition coefficient (Wildman–Crippen LogP) is 2.05. The van der Waals surface area contributed by atoms with E-state index in [4.69, 9.17) is 16.9 Å². The summed E-state index contributed by atoms with van der Waals surface area (Å²) in [5.74, 6) is 0.179. The number of carbonyl (C=O) groups is 1. The minimum atomic E-state index is -0.667. The lowest BCUT2D eigenvalue weighted by Gasteiger charge is -2.27. The standard InChI is InChI=1S/C19H25N9O/c20-8-9-24-28-15-3-1-2-14(10-15)26-19-17(18(22)29)23-11-16(27-19)25-13-6-4-12(21)5-7-13/h1-3,8-13,20,28H,4-7,21H2,(H2,22,29)(H2,25,26,27)/b20-8?,24-9-. The molecule has 1 amide bonds. The molecule has 10 heteroatoms. The summed E-state index contributed by atoms with van der Waals surface area (Å²) in [6.45, 7) is 0. The molecule has 152 valence electrons. The van der Waals surface area contributed by atoms with E-state index in [-0.39, 0.29) is 23.6 Å². The van der Waals surface area contributed by atoms with Crippen molar-refractivity contribution >= 4 is 41.3 Å². The van der Waals surface area contributed by atoms with Crippen LogP contribution in [0, 0.1) is 5.41 Å². The van der Waals surface area contributed by atoms with Gasteiger partial charge in [-0.3, -0.25) is 10.2 Å². The maximum absolute atomic E-state index is 11.8. The van der Waals surface area contributed by atoms with Crippen LogP contribution in [0.25, 0.3) is 0 Å². The monoisotopic (exact) mass is 395 g/mol. The molecule has 0 radical (unpaired) electrons. The number of hydrogen-bond acceptors (Lipinski definition) is 9. The van der Waals surface area contributed by atoms with Gasteiger partial charge in [0, 0.05) is 24.0 Å². The van der Waals surface area contributed by atoms with Gasteiger partial charge in [0.15, 0.2) is 11.5 Å². The molecule has 29 heavy (non-hydrogen) atoms. The number of nitrogens with one attached hydrogen (secondary N) is 4. The highest BCUT2D eigenvalue weighted by molar-refractivity contribution is 6.14. The lowest BCUT2D eigenvalue weighted by atomic mass is 9.92. The van der Waals surface area contributed by atoms with Gasteiger partial charge in [0.2, 0.25) is 0 Å². The summed E-state index contributed by atoms with van der Waals surface area (Å²) in [6, 6.07) is 7.78. The molecule has 0 spiro atoms. The van der Waals surface area contributed by atoms with E-state index >= 15 is 0 Å². The van der Waals surface area contributed by atoms with Crippen LogP contribution < -0.4 is 27.5 Å². The lowest BCUT2D eigenvalue weighted by molar-refractivity contribution is 0.0996. The average Bonchev–Trinajstić information content (AvgIpc) is 2.70. The largest absolute Gasteiger partial charge is 0.366 e. The van der Waals surface area contributed by atoms with E-state index in [1.54, 1.807) is 6.07 Å². The molecule has 1 aromatic carbocycles. The average molecular weight is 395 g/mol. The number of rotatable bonds is 8. The minimum Gasteiger partial charge on any atom is -0.366 e. The number of nitrogens with two attached hydrogens (primary N) is 2. The Morgan fingerprint density at radius 1 is 1.24 bits per heavy atom. The zero-order valence-electron chi connectivity index (χ0n) is 15.9. The number of hydrazone groups is 1. The van der Waals surface area contributed by atoms with Crippen LogP contribution in [-0.4, -0.2) is 40.4 Å². The Hall–Kier alpha value is -3.53. The number of nitrogens with zero attached hydrogens (tertiary/aromatic N) is 3. The molecule has 8 N–H and O–H groups in total. The van der Waals surface area contributed by atoms with Crippen LogP contribution in [0.5, 0.6) is 0 Å². The van der Waals surface area contributed by atoms with Crippen molar-refractivity contribution in [2.75, 3.05) is 16.1 Å². The summed E-state index contributed by atoms with van der Waals surface area (Å²) in [5.41, 5.74) is 15.7. The van der Waals surface area contributed by atoms with Gasteiger partial charge < -0.3 is 27.5 Å². The highest BCUT2D eigenvalue weighted by Gasteiger charge is 2.20. The highest BCUT2D eigenvalue weighted by atomic mass is 16.1. The number of anilines is 4. The maximum Gasteiger partial charge on any atom is 0.271 e. The Balaban J connectivity index is 1.78. The van der Waals surface area contributed by atoms with Crippen LogP contribution in [0.3, 0.4) is 0 Å². The van der Waals surface area contributed by atoms with Crippen LogP contribution in [-0.2, 0) is 0 Å². The SMILES string of the molecule is N=C/C=N\Nc1cccc(Nc2nc(NC3CCC(N)CC3)cnc2C(N)=O)c1. The Bertz CT molecular complexity index is 891. The number of amides is 1. The zero-order valence-corrected chi connectivity index (χ0v) is 15.9. The molecule has 2 aromatic rings. The third kappa shape index (κ3) is 5.72. The third-order valence-electron chi connectivity index (χ3n) is 4.60. The van der Waals surface area contributed by atoms with Crippen LogP contribution in [0.1, 0.15) is 36.2 Å². The fraction of sp³-hybridized carbons (Fsp3) is 0.316. The molecule has 1 saturated carbocycles. The molecule has 1 aliphatic rings. The van der Waals surface area contributed by atoms with Crippen molar-refractivity contribution in [2.45, 2.75) is 37.8 Å². The summed E-state index contributed by atoms with van der Waals surface area (Å²) in [4.78, 5) is 20.5. The van der Waals surface area contributed by atoms with Gasteiger partial charge in [-0.25, -0.2) is 9.97 Å². The smallest absolute Gasteiger partial charge is 0.271 e. The van der Waals surface area contributed by atoms with Gasteiger partial charge in [-0.15, -0.1) is 0 Å². The van der Waals surface area contributed by atoms with Crippen LogP contribution in [0.15, 0.2) is 35.6 Å². The van der Waals surface area contributed by atoms with Gasteiger partial charge in [-0.05, 0) is 43.9 Å². The van der Waals surface area contributed by atoms with Crippen molar-refractivity contribution in [1.29, 1.82) is 5.41 Å². The van der Waals surface area contributed by atoms with E-state index in [1.165, 1.54) is 12.4 Å². The van der Waals surface area contributed by atoms with Gasteiger partial charge >= 0.3 is 0 Å². The molecule has 1 heterocycles. The number of hydrogen-bond donors (Lipinski definition) is 6. The number of carbonyl (C=O) groups excluding carboxylic acids is 1. The molecular weight excluding hydrogens is 370 g/mol. The Labute approximate surface area is 168 Å². The number of aromatic nitrogens is 2. The van der Waals surface area contributed by atoms with Crippen LogP contribution >= 0.6 is 0 Å². The topological polar surface area (TPSA) is 167 Å². The van der Waals surface area contributed by atoms with Crippen molar-refractivity contribution < 1.29 is 4.79 Å². The summed E-state index contributed by atoms with van der Waals surface area (Å²) >= 11 is 0. The summed E-state index contributed by atoms with van der Waals surface area (Å²) in [7, 11) is 0. The van der Waals surface area contributed by atoms with E-state index in [9.17, 15) is 4.79 Å². The number of primary amides is 1. The molecule has 0 aliphatic heterocycles. The van der Waals surface area contributed by atoms with Crippen LogP contribution in [0.2, 0.25) is 0 Å². The summed E-state index contributed by atoms with van der Waals surface area (Å²) in [6.07, 6.45) is 7.78. The highest BCUT2D eigenvalue weighted by Crippen LogP contribution is 2.24. The van der Waals surface area contributed by atoms with Crippen molar-refractivity contribution in [3.8, 4) is 0 Å². The minimum absolute atomic E-state index is 0.0569. The van der Waals surface area contributed by atoms with Crippen molar-refractivity contribution in [3.05, 3.63) is 36.2 Å². The van der Waals surface area contributed by atoms with E-state index < -0.39 is 5.91 Å². The van der Waals surface area contributed by atoms with Crippen molar-refractivity contribution in [2.24, 2.45) is 16.6 Å². The molecule has 0 bridgehead atoms. The second-order valence-electron chi connectivity index (χ2n) is 6.84. The van der Waals surface area contributed by atoms with E-state index in [2.05, 4.69) is 31.1 Å². The summed E-state index contributed by atoms with van der Waals surface area (Å²) in [5, 5.41) is 17.3. The van der Waals surface area contributed by atoms with Crippen molar-refractivity contribution in [3.63, 3.8) is 0 Å². The van der Waals surface area contributed by atoms with Gasteiger partial charge in [-0.2, -0.15) is 5.10 Å². The normalized spacial score (nSPS) is 18.9. The first kappa shape index (κ1) is 20.2. The van der Waals surface area contributed by atoms with E-state index in [0.717, 1.165) is 31.9 Å². The van der Waals surface area contributed by atoms with Gasteiger partial charge in [-0.1, -0.05) is 6.07 Å². The number of benzene rings is 1. The fourth-order valence-corrected chi connectivity index (χ4v) is 3.15. The summed E-state index contributed by atoms with van der Waals surface area (Å²) < 4.78 is 0. The zero-order chi connectivity index (χ0) is 20.6. The quantitative estimate of drug-likeness (QED) is 0.294. The van der Waals surface area contributed by atoms with Gasteiger partial charge in [0.05, 0.1) is 18.1 Å². The molecule has 10 nitrogen and oxygen atoms in total. The van der Waals surface area contributed by atoms with Gasteiger partial charge in [0.1, 0.15) is 5.82 Å². The molecular formula is C19H25N9O. The molecule has 1 fully saturated rings. The first-order valence-electron chi connectivity index (χ1n) is 9.39. The first-order valence-corrected chi connectivity index (χ1v) is 9.39. The van der Waals surface area contributed by atoms with E-state index in [0.29, 0.717) is 17.2 Å². The molecule has 1 aromatic heterocycles. The Morgan fingerprint density at radius 3 is 2.72 bits per heavy atom. The molecule has 0 unspecified atom stereocenters. The predicted molar refractivity (Wildman–Crippen MR) is 115 cm³/mol. The molecule has 3 rings (SSSR count). The Morgan fingerprint density at radius 2 is 2.00 bits per heavy atom. The van der Waals surface area contributed by atoms with Crippen molar-refractivity contribution in [1.82, 2.24) is 9.97 Å². The third-order valence-corrected chi connectivity index (χ3v) is 4.60. The second-order valence-corrected chi connectivity index (χ2v) is 6.84. The maximum atomic E-state index is 11.8. The lowest BCUT2D eigenvalue weighted by Crippen LogP contribution is -2.33. The molecule has 0 atom stereocenters. The van der Waals surface area contributed by atoms with Gasteiger partial charge in [0.25, 0.3) is 5.91 Å². The molecule has 0 saturated heterocycles. The Kier molecular flexibility index (Phi) is 6.69.